The van der Waals surface area contributed by atoms with E-state index in [0.717, 1.165) is 17.9 Å². The van der Waals surface area contributed by atoms with Gasteiger partial charge >= 0.3 is 12.0 Å². The molecule has 0 radical (unpaired) electrons. The van der Waals surface area contributed by atoms with E-state index in [9.17, 15) is 14.4 Å². The minimum atomic E-state index is -1.14. The molecule has 0 bridgehead atoms. The normalized spacial score (nSPS) is 23.0. The van der Waals surface area contributed by atoms with Crippen LogP contribution < -0.4 is 22.1 Å². The number of primary amides is 1. The molecule has 2 rings (SSSR count). The van der Waals surface area contributed by atoms with Crippen LogP contribution in [0, 0.1) is 5.41 Å². The summed E-state index contributed by atoms with van der Waals surface area (Å²) in [5.41, 5.74) is 9.19. The van der Waals surface area contributed by atoms with Gasteiger partial charge in [-0.3, -0.25) is 10.2 Å². The molecule has 144 valence electrons. The Kier molecular flexibility index (Phi) is 12.1. The average molecular weight is 394 g/mol. The predicted octanol–water partition coefficient (Wildman–Crippen LogP) is -0.207. The lowest BCUT2D eigenvalue weighted by Crippen LogP contribution is -2.36. The van der Waals surface area contributed by atoms with Gasteiger partial charge in [0, 0.05) is 30.2 Å². The van der Waals surface area contributed by atoms with E-state index >= 15 is 0 Å². The van der Waals surface area contributed by atoms with Crippen molar-refractivity contribution in [3.8, 4) is 0 Å². The molecular weight excluding hydrogens is 366 g/mol. The van der Waals surface area contributed by atoms with Gasteiger partial charge in [-0.2, -0.15) is 24.4 Å². The number of carbonyl (C=O) groups is 3. The average Bonchev–Trinajstić information content (AvgIpc) is 3.06. The van der Waals surface area contributed by atoms with Gasteiger partial charge in [0.1, 0.15) is 5.71 Å². The molecule has 3 atom stereocenters. The third kappa shape index (κ3) is 10.2. The number of aliphatic carboxylic acids is 1. The first-order chi connectivity index (χ1) is 11.7. The van der Waals surface area contributed by atoms with Crippen molar-refractivity contribution in [2.24, 2.45) is 11.5 Å². The van der Waals surface area contributed by atoms with Gasteiger partial charge in [0.15, 0.2) is 0 Å². The second-order valence-corrected chi connectivity index (χ2v) is 7.14. The van der Waals surface area contributed by atoms with E-state index in [-0.39, 0.29) is 29.7 Å². The molecule has 0 saturated carbocycles. The van der Waals surface area contributed by atoms with Crippen molar-refractivity contribution in [2.45, 2.75) is 43.5 Å². The molecule has 2 aliphatic rings. The number of carbonyl (C=O) groups excluding carboxylic acids is 2. The molecule has 0 aromatic rings. The Morgan fingerprint density at radius 1 is 1.44 bits per heavy atom. The van der Waals surface area contributed by atoms with Crippen molar-refractivity contribution >= 4 is 48.0 Å². The van der Waals surface area contributed by atoms with Crippen molar-refractivity contribution in [2.75, 3.05) is 18.1 Å². The highest BCUT2D eigenvalue weighted by atomic mass is 32.2. The molecule has 8 N–H and O–H groups in total. The van der Waals surface area contributed by atoms with Crippen LogP contribution in [0.25, 0.3) is 0 Å². The first-order valence-electron chi connectivity index (χ1n) is 7.79. The SMILES string of the molecule is CC(N)=O.N=C(CCC[C@@H]1SC[C@@H]2NC(=O)N[C@@H]21)C(=O)O.NCCS. The lowest BCUT2D eigenvalue weighted by molar-refractivity contribution is -0.129. The second kappa shape index (κ2) is 12.8. The molecule has 2 aliphatic heterocycles. The first kappa shape index (κ1) is 23.5. The standard InChI is InChI=1S/C10H15N3O3S.C2H5NO.C2H7NS/c11-5(9(14)15)2-1-3-7-8-6(4-17-7)12-10(16)13-8;1-2(3)4;3-1-2-4/h6-8,11H,1-4H2,(H,14,15)(H2,12,13,16);1H3,(H2,3,4);4H,1-3H2/t6-,7-,8-;;/m0../s1. The van der Waals surface area contributed by atoms with E-state index < -0.39 is 5.97 Å². The summed E-state index contributed by atoms with van der Waals surface area (Å²) < 4.78 is 0. The van der Waals surface area contributed by atoms with Gasteiger partial charge in [-0.05, 0) is 19.3 Å². The van der Waals surface area contributed by atoms with E-state index in [1.54, 1.807) is 11.8 Å². The van der Waals surface area contributed by atoms with Crippen LogP contribution in [0.4, 0.5) is 4.79 Å². The fraction of sp³-hybridized carbons (Fsp3) is 0.714. The molecule has 11 heteroatoms. The zero-order valence-electron chi connectivity index (χ0n) is 14.2. The maximum Gasteiger partial charge on any atom is 0.349 e. The number of amides is 3. The third-order valence-corrected chi connectivity index (χ3v) is 5.01. The highest BCUT2D eigenvalue weighted by Gasteiger charge is 2.42. The molecule has 0 unspecified atom stereocenters. The summed E-state index contributed by atoms with van der Waals surface area (Å²) in [6, 6.07) is 0.256. The summed E-state index contributed by atoms with van der Waals surface area (Å²) >= 11 is 5.60. The van der Waals surface area contributed by atoms with Gasteiger partial charge in [0.25, 0.3) is 0 Å². The summed E-state index contributed by atoms with van der Waals surface area (Å²) in [7, 11) is 0. The number of thioether (sulfide) groups is 1. The molecule has 3 amide bonds. The van der Waals surface area contributed by atoms with Crippen LogP contribution in [-0.4, -0.2) is 64.1 Å². The Hall–Kier alpha value is -1.46. The van der Waals surface area contributed by atoms with E-state index in [4.69, 9.17) is 16.2 Å². The Labute approximate surface area is 157 Å². The number of fused-ring (bicyclic) bond motifs is 1. The van der Waals surface area contributed by atoms with Gasteiger partial charge < -0.3 is 27.2 Å². The van der Waals surface area contributed by atoms with Crippen molar-refractivity contribution in [1.29, 1.82) is 5.41 Å². The fourth-order valence-corrected chi connectivity index (χ4v) is 3.77. The van der Waals surface area contributed by atoms with Gasteiger partial charge in [0.05, 0.1) is 12.1 Å². The zero-order chi connectivity index (χ0) is 19.4. The van der Waals surface area contributed by atoms with Crippen LogP contribution in [-0.2, 0) is 9.59 Å². The molecule has 0 aromatic heterocycles. The molecular formula is C14H27N5O4S2. The van der Waals surface area contributed by atoms with Gasteiger partial charge in [-0.25, -0.2) is 9.59 Å². The molecule has 2 heterocycles. The number of nitrogens with one attached hydrogen (secondary N) is 3. The molecule has 2 saturated heterocycles. The van der Waals surface area contributed by atoms with E-state index in [1.165, 1.54) is 6.92 Å². The van der Waals surface area contributed by atoms with Crippen LogP contribution in [0.5, 0.6) is 0 Å². The fourth-order valence-electron chi connectivity index (χ4n) is 2.23. The summed E-state index contributed by atoms with van der Waals surface area (Å²) in [5.74, 6) is 0.225. The van der Waals surface area contributed by atoms with Crippen LogP contribution in [0.3, 0.4) is 0 Å². The highest BCUT2D eigenvalue weighted by molar-refractivity contribution is 8.00. The lowest BCUT2D eigenvalue weighted by atomic mass is 10.0. The van der Waals surface area contributed by atoms with Crippen molar-refractivity contribution < 1.29 is 19.5 Å². The van der Waals surface area contributed by atoms with Crippen molar-refractivity contribution in [1.82, 2.24) is 10.6 Å². The quantitative estimate of drug-likeness (QED) is 0.187. The second-order valence-electron chi connectivity index (χ2n) is 5.42. The highest BCUT2D eigenvalue weighted by Crippen LogP contribution is 2.32. The minimum Gasteiger partial charge on any atom is -0.477 e. The van der Waals surface area contributed by atoms with E-state index in [2.05, 4.69) is 29.0 Å². The monoisotopic (exact) mass is 393 g/mol. The molecule has 25 heavy (non-hydrogen) atoms. The Bertz CT molecular complexity index is 472. The number of hydrogen-bond donors (Lipinski definition) is 7. The van der Waals surface area contributed by atoms with Crippen LogP contribution in [0.1, 0.15) is 26.2 Å². The van der Waals surface area contributed by atoms with Gasteiger partial charge in [0.2, 0.25) is 5.91 Å². The summed E-state index contributed by atoms with van der Waals surface area (Å²) in [6.07, 6.45) is 1.82. The number of urea groups is 1. The Morgan fingerprint density at radius 3 is 2.48 bits per heavy atom. The maximum absolute atomic E-state index is 11.1. The number of nitrogens with two attached hydrogens (primary N) is 2. The molecule has 9 nitrogen and oxygen atoms in total. The van der Waals surface area contributed by atoms with Crippen LogP contribution >= 0.6 is 24.4 Å². The smallest absolute Gasteiger partial charge is 0.349 e. The molecule has 0 aliphatic carbocycles. The van der Waals surface area contributed by atoms with Gasteiger partial charge in [-0.1, -0.05) is 0 Å². The Balaban J connectivity index is 0.000000609. The van der Waals surface area contributed by atoms with Crippen LogP contribution in [0.2, 0.25) is 0 Å². The number of rotatable bonds is 6. The number of thiol groups is 1. The Morgan fingerprint density at radius 2 is 2.00 bits per heavy atom. The van der Waals surface area contributed by atoms with E-state index in [1.807, 2.05) is 0 Å². The number of carboxylic acid groups (broad SMARTS) is 1. The predicted molar refractivity (Wildman–Crippen MR) is 102 cm³/mol. The van der Waals surface area contributed by atoms with Crippen LogP contribution in [0.15, 0.2) is 0 Å². The van der Waals surface area contributed by atoms with Crippen molar-refractivity contribution in [3.05, 3.63) is 0 Å². The molecule has 0 spiro atoms. The summed E-state index contributed by atoms with van der Waals surface area (Å²) in [5, 5.41) is 21.8. The number of hydrogen-bond acceptors (Lipinski definition) is 7. The minimum absolute atomic E-state index is 0.108. The molecule has 2 fully saturated rings. The zero-order valence-corrected chi connectivity index (χ0v) is 15.9. The maximum atomic E-state index is 11.1. The number of carboxylic acids is 1. The first-order valence-corrected chi connectivity index (χ1v) is 9.47. The van der Waals surface area contributed by atoms with E-state index in [0.29, 0.717) is 24.6 Å². The summed E-state index contributed by atoms with van der Waals surface area (Å²) in [4.78, 5) is 30.8. The topological polar surface area (TPSA) is 171 Å². The third-order valence-electron chi connectivity index (χ3n) is 3.24. The lowest BCUT2D eigenvalue weighted by Gasteiger charge is -2.16. The molecule has 0 aromatic carbocycles. The van der Waals surface area contributed by atoms with Gasteiger partial charge in [-0.15, -0.1) is 0 Å². The largest absolute Gasteiger partial charge is 0.477 e. The summed E-state index contributed by atoms with van der Waals surface area (Å²) in [6.45, 7) is 1.99. The van der Waals surface area contributed by atoms with Crippen molar-refractivity contribution in [3.63, 3.8) is 0 Å².